The molecule has 0 radical (unpaired) electrons. The standard InChI is InChI=1S/C24H28FN3O5S/c1-17(23(33-4)24-26-13-20(25)14-27-24)34(29,30)28(15-18-5-9-21(31-2)10-6-18)16-19-7-11-22(32-3)12-8-19/h5-14,17,23H,15-16H2,1-4H3/t17-,23-/m0/s1. The summed E-state index contributed by atoms with van der Waals surface area (Å²) in [5.41, 5.74) is 1.58. The summed E-state index contributed by atoms with van der Waals surface area (Å²) in [5.74, 6) is 0.827. The number of rotatable bonds is 11. The zero-order valence-corrected chi connectivity index (χ0v) is 20.3. The van der Waals surface area contributed by atoms with Crippen molar-refractivity contribution in [3.63, 3.8) is 0 Å². The Morgan fingerprint density at radius 1 is 0.853 bits per heavy atom. The molecule has 0 spiro atoms. The van der Waals surface area contributed by atoms with E-state index in [1.54, 1.807) is 38.5 Å². The van der Waals surface area contributed by atoms with Crippen molar-refractivity contribution >= 4 is 10.0 Å². The average molecular weight is 490 g/mol. The molecule has 3 rings (SSSR count). The molecule has 0 aliphatic carbocycles. The van der Waals surface area contributed by atoms with E-state index in [1.165, 1.54) is 18.3 Å². The van der Waals surface area contributed by atoms with Crippen LogP contribution in [-0.2, 0) is 27.8 Å². The van der Waals surface area contributed by atoms with Crippen molar-refractivity contribution in [2.24, 2.45) is 0 Å². The van der Waals surface area contributed by atoms with Crippen molar-refractivity contribution < 1.29 is 27.0 Å². The van der Waals surface area contributed by atoms with Gasteiger partial charge in [0.1, 0.15) is 22.9 Å². The normalized spacial score (nSPS) is 13.5. The summed E-state index contributed by atoms with van der Waals surface area (Å²) < 4.78 is 58.1. The maximum atomic E-state index is 13.8. The number of nitrogens with zero attached hydrogens (tertiary/aromatic N) is 3. The summed E-state index contributed by atoms with van der Waals surface area (Å²) in [6.07, 6.45) is 0.986. The van der Waals surface area contributed by atoms with Gasteiger partial charge in [-0.1, -0.05) is 24.3 Å². The van der Waals surface area contributed by atoms with Crippen LogP contribution in [0.15, 0.2) is 60.9 Å². The summed E-state index contributed by atoms with van der Waals surface area (Å²) in [4.78, 5) is 7.86. The van der Waals surface area contributed by atoms with E-state index in [4.69, 9.17) is 14.2 Å². The average Bonchev–Trinajstić information content (AvgIpc) is 2.86. The molecule has 10 heteroatoms. The lowest BCUT2D eigenvalue weighted by Crippen LogP contribution is -2.40. The van der Waals surface area contributed by atoms with Crippen molar-refractivity contribution in [3.8, 4) is 11.5 Å². The molecule has 1 aromatic heterocycles. The number of halogens is 1. The molecule has 8 nitrogen and oxygen atoms in total. The molecule has 0 aliphatic heterocycles. The van der Waals surface area contributed by atoms with E-state index in [2.05, 4.69) is 9.97 Å². The van der Waals surface area contributed by atoms with Crippen LogP contribution in [0.3, 0.4) is 0 Å². The highest BCUT2D eigenvalue weighted by molar-refractivity contribution is 7.89. The minimum atomic E-state index is -3.93. The Kier molecular flexibility index (Phi) is 8.54. The lowest BCUT2D eigenvalue weighted by molar-refractivity contribution is 0.0928. The third-order valence-electron chi connectivity index (χ3n) is 5.44. The number of hydrogen-bond donors (Lipinski definition) is 0. The molecule has 0 aliphatic rings. The topological polar surface area (TPSA) is 90.9 Å². The van der Waals surface area contributed by atoms with Crippen LogP contribution < -0.4 is 9.47 Å². The van der Waals surface area contributed by atoms with Gasteiger partial charge in [-0.3, -0.25) is 0 Å². The van der Waals surface area contributed by atoms with E-state index < -0.39 is 27.2 Å². The number of sulfonamides is 1. The van der Waals surface area contributed by atoms with Crippen LogP contribution in [0.2, 0.25) is 0 Å². The van der Waals surface area contributed by atoms with Crippen molar-refractivity contribution in [1.29, 1.82) is 0 Å². The Morgan fingerprint density at radius 2 is 1.29 bits per heavy atom. The fourth-order valence-corrected chi connectivity index (χ4v) is 5.15. The van der Waals surface area contributed by atoms with Crippen LogP contribution in [0.25, 0.3) is 0 Å². The Labute approximate surface area is 199 Å². The van der Waals surface area contributed by atoms with Gasteiger partial charge < -0.3 is 14.2 Å². The summed E-state index contributed by atoms with van der Waals surface area (Å²) in [5, 5.41) is -1.04. The molecular weight excluding hydrogens is 461 g/mol. The van der Waals surface area contributed by atoms with E-state index in [-0.39, 0.29) is 18.9 Å². The van der Waals surface area contributed by atoms with Crippen LogP contribution in [0, 0.1) is 5.82 Å². The third-order valence-corrected chi connectivity index (χ3v) is 7.61. The largest absolute Gasteiger partial charge is 0.497 e. The van der Waals surface area contributed by atoms with E-state index in [0.29, 0.717) is 11.5 Å². The third kappa shape index (κ3) is 6.07. The van der Waals surface area contributed by atoms with E-state index >= 15 is 0 Å². The first-order valence-corrected chi connectivity index (χ1v) is 12.0. The fourth-order valence-electron chi connectivity index (χ4n) is 3.47. The highest BCUT2D eigenvalue weighted by atomic mass is 32.2. The molecule has 182 valence electrons. The SMILES string of the molecule is COc1ccc(CN(Cc2ccc(OC)cc2)S(=O)(=O)[C@@H](C)[C@H](OC)c2ncc(F)cn2)cc1. The molecule has 0 N–H and O–H groups in total. The molecule has 0 bridgehead atoms. The predicted octanol–water partition coefficient (Wildman–Crippen LogP) is 3.74. The molecule has 0 amide bonds. The highest BCUT2D eigenvalue weighted by Gasteiger charge is 2.37. The smallest absolute Gasteiger partial charge is 0.220 e. The van der Waals surface area contributed by atoms with Gasteiger partial charge in [-0.2, -0.15) is 4.31 Å². The number of ether oxygens (including phenoxy) is 3. The van der Waals surface area contributed by atoms with Crippen LogP contribution in [0.5, 0.6) is 11.5 Å². The molecular formula is C24H28FN3O5S. The minimum absolute atomic E-state index is 0.0915. The van der Waals surface area contributed by atoms with Gasteiger partial charge in [0.2, 0.25) is 10.0 Å². The highest BCUT2D eigenvalue weighted by Crippen LogP contribution is 2.28. The lowest BCUT2D eigenvalue weighted by Gasteiger charge is -2.29. The van der Waals surface area contributed by atoms with Crippen molar-refractivity contribution in [1.82, 2.24) is 14.3 Å². The van der Waals surface area contributed by atoms with Gasteiger partial charge in [0.15, 0.2) is 11.6 Å². The first-order chi connectivity index (χ1) is 16.3. The van der Waals surface area contributed by atoms with Crippen molar-refractivity contribution in [2.45, 2.75) is 31.4 Å². The minimum Gasteiger partial charge on any atom is -0.497 e. The molecule has 0 saturated carbocycles. The molecule has 0 unspecified atom stereocenters. The van der Waals surface area contributed by atoms with Crippen LogP contribution in [0.1, 0.15) is 30.0 Å². The van der Waals surface area contributed by atoms with E-state index in [9.17, 15) is 12.8 Å². The van der Waals surface area contributed by atoms with Gasteiger partial charge in [0.25, 0.3) is 0 Å². The number of aromatic nitrogens is 2. The summed E-state index contributed by atoms with van der Waals surface area (Å²) in [6, 6.07) is 14.4. The number of hydrogen-bond acceptors (Lipinski definition) is 7. The maximum Gasteiger partial charge on any atom is 0.220 e. The quantitative estimate of drug-likeness (QED) is 0.405. The molecule has 34 heavy (non-hydrogen) atoms. The Balaban J connectivity index is 1.94. The van der Waals surface area contributed by atoms with E-state index in [1.807, 2.05) is 24.3 Å². The van der Waals surface area contributed by atoms with Gasteiger partial charge in [0, 0.05) is 20.2 Å². The van der Waals surface area contributed by atoms with Gasteiger partial charge in [-0.05, 0) is 42.3 Å². The molecule has 0 saturated heterocycles. The van der Waals surface area contributed by atoms with Crippen LogP contribution >= 0.6 is 0 Å². The van der Waals surface area contributed by atoms with Gasteiger partial charge in [-0.15, -0.1) is 0 Å². The monoisotopic (exact) mass is 489 g/mol. The Morgan fingerprint density at radius 3 is 1.68 bits per heavy atom. The molecule has 0 fully saturated rings. The maximum absolute atomic E-state index is 13.8. The second kappa shape index (κ2) is 11.4. The number of benzene rings is 2. The summed E-state index contributed by atoms with van der Waals surface area (Å²) >= 11 is 0. The predicted molar refractivity (Wildman–Crippen MR) is 125 cm³/mol. The summed E-state index contributed by atoms with van der Waals surface area (Å²) in [6.45, 7) is 1.79. The second-order valence-electron chi connectivity index (χ2n) is 7.63. The molecule has 3 aromatic rings. The van der Waals surface area contributed by atoms with Gasteiger partial charge >= 0.3 is 0 Å². The second-order valence-corrected chi connectivity index (χ2v) is 9.92. The molecule has 1 heterocycles. The first-order valence-electron chi connectivity index (χ1n) is 10.5. The Hall–Kier alpha value is -3.08. The van der Waals surface area contributed by atoms with Gasteiger partial charge in [-0.25, -0.2) is 22.8 Å². The Bertz CT molecular complexity index is 1110. The zero-order valence-electron chi connectivity index (χ0n) is 19.5. The molecule has 2 aromatic carbocycles. The lowest BCUT2D eigenvalue weighted by atomic mass is 10.2. The van der Waals surface area contributed by atoms with E-state index in [0.717, 1.165) is 23.5 Å². The number of methoxy groups -OCH3 is 3. The van der Waals surface area contributed by atoms with Crippen LogP contribution in [0.4, 0.5) is 4.39 Å². The van der Waals surface area contributed by atoms with Crippen LogP contribution in [-0.4, -0.2) is 49.3 Å². The van der Waals surface area contributed by atoms with Crippen molar-refractivity contribution in [3.05, 3.63) is 83.7 Å². The first kappa shape index (κ1) is 25.5. The van der Waals surface area contributed by atoms with Crippen molar-refractivity contribution in [2.75, 3.05) is 21.3 Å². The zero-order chi connectivity index (χ0) is 24.7. The fraction of sp³-hybridized carbons (Fsp3) is 0.333. The molecule has 2 atom stereocenters. The summed E-state index contributed by atoms with van der Waals surface area (Å²) in [7, 11) is 0.587. The van der Waals surface area contributed by atoms with Gasteiger partial charge in [0.05, 0.1) is 26.6 Å².